The van der Waals surface area contributed by atoms with E-state index in [4.69, 9.17) is 0 Å². The van der Waals surface area contributed by atoms with Crippen LogP contribution in [0.5, 0.6) is 0 Å². The molecule has 3 aromatic rings. The van der Waals surface area contributed by atoms with E-state index in [-0.39, 0.29) is 6.04 Å². The number of aromatic amines is 1. The average molecular weight is 284 g/mol. The Morgan fingerprint density at radius 2 is 2.14 bits per heavy atom. The fourth-order valence-corrected chi connectivity index (χ4v) is 2.33. The summed E-state index contributed by atoms with van der Waals surface area (Å²) in [6.07, 6.45) is 8.16. The lowest BCUT2D eigenvalue weighted by Crippen LogP contribution is -2.13. The monoisotopic (exact) mass is 284 g/mol. The molecule has 0 saturated carbocycles. The quantitative estimate of drug-likeness (QED) is 0.755. The molecular weight excluding hydrogens is 264 g/mol. The molecule has 0 radical (unpaired) electrons. The van der Waals surface area contributed by atoms with Gasteiger partial charge in [0.25, 0.3) is 0 Å². The number of nitrogens with one attached hydrogen (secondary N) is 2. The number of imidazole rings is 1. The van der Waals surface area contributed by atoms with Gasteiger partial charge in [0, 0.05) is 24.8 Å². The summed E-state index contributed by atoms with van der Waals surface area (Å²) in [4.78, 5) is 11.9. The number of hydrogen-bond donors (Lipinski definition) is 2. The van der Waals surface area contributed by atoms with Crippen LogP contribution in [0, 0.1) is 0 Å². The molecule has 0 aliphatic rings. The average Bonchev–Trinajstić information content (AvgIpc) is 3.13. The largest absolute Gasteiger partial charge is 0.358 e. The van der Waals surface area contributed by atoms with Crippen LogP contribution in [0.4, 0.5) is 5.82 Å². The third-order valence-corrected chi connectivity index (χ3v) is 3.57. The second-order valence-corrected chi connectivity index (χ2v) is 5.41. The van der Waals surface area contributed by atoms with Crippen LogP contribution in [-0.2, 0) is 0 Å². The molecule has 3 rings (SSSR count). The van der Waals surface area contributed by atoms with E-state index in [9.17, 15) is 0 Å². The van der Waals surface area contributed by atoms with Crippen LogP contribution in [0.15, 0.2) is 30.9 Å². The van der Waals surface area contributed by atoms with Gasteiger partial charge in [0.05, 0.1) is 11.7 Å². The molecule has 3 aromatic heterocycles. The number of nitrogens with zero attached hydrogens (tertiary/aromatic N) is 4. The van der Waals surface area contributed by atoms with Crippen molar-refractivity contribution in [1.29, 1.82) is 0 Å². The molecule has 0 aliphatic carbocycles. The topological polar surface area (TPSA) is 70.9 Å². The van der Waals surface area contributed by atoms with Crippen LogP contribution < -0.4 is 5.32 Å². The highest BCUT2D eigenvalue weighted by Gasteiger charge is 2.15. The molecule has 6 heteroatoms. The van der Waals surface area contributed by atoms with Gasteiger partial charge < -0.3 is 10.3 Å². The lowest BCUT2D eigenvalue weighted by atomic mass is 10.1. The van der Waals surface area contributed by atoms with Crippen molar-refractivity contribution in [1.82, 2.24) is 24.6 Å². The maximum absolute atomic E-state index is 4.58. The highest BCUT2D eigenvalue weighted by molar-refractivity contribution is 5.68. The van der Waals surface area contributed by atoms with E-state index >= 15 is 0 Å². The van der Waals surface area contributed by atoms with E-state index < -0.39 is 0 Å². The standard InChI is InChI=1S/C15H20N6/c1-4-11(14-16-5-6-17-14)19-15-13-9-12(10(2)3)20-21(13)8-7-18-15/h5-11H,4H2,1-3H3,(H,16,17)(H,18,19). The Hall–Kier alpha value is -2.37. The Kier molecular flexibility index (Phi) is 3.60. The van der Waals surface area contributed by atoms with Gasteiger partial charge in [-0.05, 0) is 18.4 Å². The molecule has 21 heavy (non-hydrogen) atoms. The summed E-state index contributed by atoms with van der Waals surface area (Å²) >= 11 is 0. The zero-order valence-corrected chi connectivity index (χ0v) is 12.5. The molecule has 3 heterocycles. The third-order valence-electron chi connectivity index (χ3n) is 3.57. The van der Waals surface area contributed by atoms with Gasteiger partial charge in [0.15, 0.2) is 5.82 Å². The normalized spacial score (nSPS) is 13.0. The first kappa shape index (κ1) is 13.6. The molecule has 0 aliphatic heterocycles. The summed E-state index contributed by atoms with van der Waals surface area (Å²) in [5.74, 6) is 2.15. The van der Waals surface area contributed by atoms with Crippen molar-refractivity contribution >= 4 is 11.3 Å². The maximum atomic E-state index is 4.58. The molecular formula is C15H20N6. The molecule has 110 valence electrons. The SMILES string of the molecule is CCC(Nc1nccn2nc(C(C)C)cc12)c1ncc[nH]1. The lowest BCUT2D eigenvalue weighted by molar-refractivity contribution is 0.700. The van der Waals surface area contributed by atoms with Gasteiger partial charge in [-0.1, -0.05) is 20.8 Å². The smallest absolute Gasteiger partial charge is 0.152 e. The van der Waals surface area contributed by atoms with E-state index in [2.05, 4.69) is 52.2 Å². The van der Waals surface area contributed by atoms with Crippen LogP contribution >= 0.6 is 0 Å². The minimum atomic E-state index is 0.107. The van der Waals surface area contributed by atoms with Crippen LogP contribution in [0.2, 0.25) is 0 Å². The minimum absolute atomic E-state index is 0.107. The van der Waals surface area contributed by atoms with Crippen molar-refractivity contribution in [2.24, 2.45) is 0 Å². The molecule has 0 bridgehead atoms. The number of anilines is 1. The second kappa shape index (κ2) is 5.55. The zero-order chi connectivity index (χ0) is 14.8. The first-order valence-electron chi connectivity index (χ1n) is 7.29. The molecule has 0 saturated heterocycles. The van der Waals surface area contributed by atoms with Gasteiger partial charge in [0.2, 0.25) is 0 Å². The van der Waals surface area contributed by atoms with Gasteiger partial charge in [-0.15, -0.1) is 0 Å². The predicted molar refractivity (Wildman–Crippen MR) is 82.3 cm³/mol. The summed E-state index contributed by atoms with van der Waals surface area (Å²) in [5.41, 5.74) is 2.06. The van der Waals surface area contributed by atoms with Crippen LogP contribution in [0.3, 0.4) is 0 Å². The van der Waals surface area contributed by atoms with Crippen molar-refractivity contribution in [3.8, 4) is 0 Å². The molecule has 1 unspecified atom stereocenters. The van der Waals surface area contributed by atoms with Crippen LogP contribution in [-0.4, -0.2) is 24.6 Å². The first-order chi connectivity index (χ1) is 10.2. The highest BCUT2D eigenvalue weighted by atomic mass is 15.2. The number of aromatic nitrogens is 5. The maximum Gasteiger partial charge on any atom is 0.152 e. The van der Waals surface area contributed by atoms with Gasteiger partial charge in [-0.25, -0.2) is 14.5 Å². The predicted octanol–water partition coefficient (Wildman–Crippen LogP) is 3.14. The Bertz CT molecular complexity index is 713. The minimum Gasteiger partial charge on any atom is -0.358 e. The van der Waals surface area contributed by atoms with Crippen molar-refractivity contribution in [3.63, 3.8) is 0 Å². The van der Waals surface area contributed by atoms with Crippen LogP contribution in [0.1, 0.15) is 50.7 Å². The van der Waals surface area contributed by atoms with Crippen molar-refractivity contribution in [2.75, 3.05) is 5.32 Å². The molecule has 6 nitrogen and oxygen atoms in total. The fraction of sp³-hybridized carbons (Fsp3) is 0.400. The molecule has 0 aromatic carbocycles. The van der Waals surface area contributed by atoms with Gasteiger partial charge in [-0.2, -0.15) is 5.10 Å². The van der Waals surface area contributed by atoms with E-state index in [1.54, 1.807) is 12.4 Å². The van der Waals surface area contributed by atoms with Gasteiger partial charge >= 0.3 is 0 Å². The summed E-state index contributed by atoms with van der Waals surface area (Å²) in [6, 6.07) is 2.20. The Morgan fingerprint density at radius 1 is 1.29 bits per heavy atom. The Labute approximate surface area is 123 Å². The Balaban J connectivity index is 1.96. The lowest BCUT2D eigenvalue weighted by Gasteiger charge is -2.15. The Morgan fingerprint density at radius 3 is 2.81 bits per heavy atom. The number of H-pyrrole nitrogens is 1. The van der Waals surface area contributed by atoms with E-state index in [0.717, 1.165) is 29.3 Å². The highest BCUT2D eigenvalue weighted by Crippen LogP contribution is 2.24. The zero-order valence-electron chi connectivity index (χ0n) is 12.5. The van der Waals surface area contributed by atoms with E-state index in [1.807, 2.05) is 16.9 Å². The van der Waals surface area contributed by atoms with Crippen molar-refractivity contribution < 1.29 is 0 Å². The summed E-state index contributed by atoms with van der Waals surface area (Å²) in [7, 11) is 0. The van der Waals surface area contributed by atoms with Crippen molar-refractivity contribution in [3.05, 3.63) is 42.4 Å². The molecule has 0 amide bonds. The number of fused-ring (bicyclic) bond motifs is 1. The molecule has 0 spiro atoms. The van der Waals surface area contributed by atoms with Gasteiger partial charge in [-0.3, -0.25) is 0 Å². The first-order valence-corrected chi connectivity index (χ1v) is 7.29. The number of rotatable bonds is 5. The summed E-state index contributed by atoms with van der Waals surface area (Å²) in [6.45, 7) is 6.40. The van der Waals surface area contributed by atoms with Gasteiger partial charge in [0.1, 0.15) is 11.3 Å². The molecule has 2 N–H and O–H groups in total. The second-order valence-electron chi connectivity index (χ2n) is 5.41. The van der Waals surface area contributed by atoms with E-state index in [1.165, 1.54) is 0 Å². The van der Waals surface area contributed by atoms with E-state index in [0.29, 0.717) is 5.92 Å². The summed E-state index contributed by atoms with van der Waals surface area (Å²) < 4.78 is 1.87. The van der Waals surface area contributed by atoms with Crippen LogP contribution in [0.25, 0.3) is 5.52 Å². The van der Waals surface area contributed by atoms with Crippen molar-refractivity contribution in [2.45, 2.75) is 39.2 Å². The number of hydrogen-bond acceptors (Lipinski definition) is 4. The molecule has 0 fully saturated rings. The molecule has 1 atom stereocenters. The third kappa shape index (κ3) is 2.61. The fourth-order valence-electron chi connectivity index (χ4n) is 2.33. The summed E-state index contributed by atoms with van der Waals surface area (Å²) in [5, 5.41) is 8.04.